The summed E-state index contributed by atoms with van der Waals surface area (Å²) >= 11 is 0. The highest BCUT2D eigenvalue weighted by molar-refractivity contribution is 5.71. The van der Waals surface area contributed by atoms with E-state index in [-0.39, 0.29) is 31.1 Å². The molecule has 0 spiro atoms. The molecule has 0 rings (SSSR count). The van der Waals surface area contributed by atoms with Crippen molar-refractivity contribution in [3.05, 3.63) is 0 Å². The Kier molecular flexibility index (Phi) is 46.6. The SMILES string of the molecule is CCCCCCCCCCCCCCC(=O)OC[C@@H](COC(=O)CCCCCCCCCCCCCCCCCCCCC(C)C)OC(=O)CCCCCCCCCC(C)C. The van der Waals surface area contributed by atoms with E-state index in [4.69, 9.17) is 14.2 Å². The van der Waals surface area contributed by atoms with Crippen molar-refractivity contribution >= 4 is 17.9 Å². The van der Waals surface area contributed by atoms with Crippen LogP contribution in [0.4, 0.5) is 0 Å². The molecule has 0 heterocycles. The highest BCUT2D eigenvalue weighted by atomic mass is 16.6. The normalized spacial score (nSPS) is 12.0. The quantitative estimate of drug-likeness (QED) is 0.0344. The maximum atomic E-state index is 12.7. The van der Waals surface area contributed by atoms with Gasteiger partial charge in [-0.25, -0.2) is 0 Å². The molecule has 0 bridgehead atoms. The lowest BCUT2D eigenvalue weighted by Gasteiger charge is -2.18. The Bertz CT molecular complexity index is 931. The van der Waals surface area contributed by atoms with Crippen LogP contribution in [0, 0.1) is 11.8 Å². The van der Waals surface area contributed by atoms with Crippen LogP contribution in [0.3, 0.4) is 0 Å². The average Bonchev–Trinajstić information content (AvgIpc) is 3.23. The molecule has 0 aliphatic carbocycles. The van der Waals surface area contributed by atoms with E-state index in [1.54, 1.807) is 0 Å². The Morgan fingerprint density at radius 2 is 0.541 bits per heavy atom. The Morgan fingerprint density at radius 3 is 0.803 bits per heavy atom. The van der Waals surface area contributed by atoms with Crippen molar-refractivity contribution in [1.29, 1.82) is 0 Å². The number of carbonyl (C=O) groups is 3. The van der Waals surface area contributed by atoms with Gasteiger partial charge in [0, 0.05) is 19.3 Å². The summed E-state index contributed by atoms with van der Waals surface area (Å²) in [5, 5.41) is 0. The van der Waals surface area contributed by atoms with Crippen LogP contribution in [0.2, 0.25) is 0 Å². The van der Waals surface area contributed by atoms with E-state index in [0.717, 1.165) is 69.6 Å². The molecule has 61 heavy (non-hydrogen) atoms. The molecule has 0 saturated carbocycles. The molecule has 0 N–H and O–H groups in total. The maximum absolute atomic E-state index is 12.7. The molecule has 0 amide bonds. The van der Waals surface area contributed by atoms with Crippen LogP contribution in [-0.4, -0.2) is 37.2 Å². The minimum atomic E-state index is -0.762. The van der Waals surface area contributed by atoms with Gasteiger partial charge >= 0.3 is 17.9 Å². The first-order valence-electron chi connectivity index (χ1n) is 27.2. The Labute approximate surface area is 380 Å². The van der Waals surface area contributed by atoms with Gasteiger partial charge in [-0.1, -0.05) is 266 Å². The summed E-state index contributed by atoms with van der Waals surface area (Å²) in [6.07, 6.45) is 49.6. The van der Waals surface area contributed by atoms with Crippen LogP contribution in [0.5, 0.6) is 0 Å². The fraction of sp³-hybridized carbons (Fsp3) is 0.945. The zero-order chi connectivity index (χ0) is 44.7. The average molecular weight is 863 g/mol. The van der Waals surface area contributed by atoms with Crippen molar-refractivity contribution in [3.63, 3.8) is 0 Å². The van der Waals surface area contributed by atoms with Crippen molar-refractivity contribution in [1.82, 2.24) is 0 Å². The molecule has 6 heteroatoms. The molecule has 0 radical (unpaired) electrons. The van der Waals surface area contributed by atoms with Crippen molar-refractivity contribution in [3.8, 4) is 0 Å². The second kappa shape index (κ2) is 47.9. The molecule has 6 nitrogen and oxygen atoms in total. The summed E-state index contributed by atoms with van der Waals surface area (Å²) in [5.74, 6) is 0.788. The van der Waals surface area contributed by atoms with Crippen molar-refractivity contribution in [2.75, 3.05) is 13.2 Å². The summed E-state index contributed by atoms with van der Waals surface area (Å²) in [6, 6.07) is 0. The molecule has 0 aliphatic heterocycles. The first kappa shape index (κ1) is 59.4. The van der Waals surface area contributed by atoms with Gasteiger partial charge in [-0.05, 0) is 31.1 Å². The van der Waals surface area contributed by atoms with Crippen LogP contribution in [-0.2, 0) is 28.6 Å². The van der Waals surface area contributed by atoms with Crippen LogP contribution in [0.1, 0.15) is 304 Å². The van der Waals surface area contributed by atoms with Crippen molar-refractivity contribution < 1.29 is 28.6 Å². The molecule has 1 atom stereocenters. The maximum Gasteiger partial charge on any atom is 0.306 e. The first-order chi connectivity index (χ1) is 29.7. The third-order valence-electron chi connectivity index (χ3n) is 12.5. The van der Waals surface area contributed by atoms with Crippen LogP contribution < -0.4 is 0 Å². The number of hydrogen-bond donors (Lipinski definition) is 0. The fourth-order valence-electron chi connectivity index (χ4n) is 8.34. The van der Waals surface area contributed by atoms with Gasteiger partial charge in [0.25, 0.3) is 0 Å². The summed E-state index contributed by atoms with van der Waals surface area (Å²) in [7, 11) is 0. The standard InChI is InChI=1S/C55H106O6/c1-6-7-8-9-10-11-12-22-25-30-35-40-45-53(56)59-48-52(61-55(58)47-42-37-32-27-29-34-39-44-51(4)5)49-60-54(57)46-41-36-31-26-23-20-18-16-14-13-15-17-19-21-24-28-33-38-43-50(2)3/h50-52H,6-49H2,1-5H3/t52-/m0/s1. The Hall–Kier alpha value is -1.59. The van der Waals surface area contributed by atoms with Gasteiger partial charge in [0.1, 0.15) is 13.2 Å². The smallest absolute Gasteiger partial charge is 0.306 e. The molecule has 0 unspecified atom stereocenters. The van der Waals surface area contributed by atoms with E-state index >= 15 is 0 Å². The van der Waals surface area contributed by atoms with E-state index < -0.39 is 6.10 Å². The Morgan fingerprint density at radius 1 is 0.311 bits per heavy atom. The number of hydrogen-bond acceptors (Lipinski definition) is 6. The predicted octanol–water partition coefficient (Wildman–Crippen LogP) is 17.7. The number of carbonyl (C=O) groups excluding carboxylic acids is 3. The van der Waals surface area contributed by atoms with Gasteiger partial charge in [-0.15, -0.1) is 0 Å². The number of esters is 3. The number of unbranched alkanes of at least 4 members (excludes halogenated alkanes) is 34. The van der Waals surface area contributed by atoms with Crippen molar-refractivity contribution in [2.24, 2.45) is 11.8 Å². The first-order valence-corrected chi connectivity index (χ1v) is 27.2. The number of rotatable bonds is 49. The summed E-state index contributed by atoms with van der Waals surface area (Å²) < 4.78 is 16.8. The largest absolute Gasteiger partial charge is 0.462 e. The van der Waals surface area contributed by atoms with Crippen molar-refractivity contribution in [2.45, 2.75) is 310 Å². The summed E-state index contributed by atoms with van der Waals surface area (Å²) in [5.41, 5.74) is 0. The van der Waals surface area contributed by atoms with Gasteiger partial charge < -0.3 is 14.2 Å². The lowest BCUT2D eigenvalue weighted by Crippen LogP contribution is -2.30. The van der Waals surface area contributed by atoms with Gasteiger partial charge in [-0.2, -0.15) is 0 Å². The van der Waals surface area contributed by atoms with Crippen LogP contribution >= 0.6 is 0 Å². The third-order valence-corrected chi connectivity index (χ3v) is 12.5. The van der Waals surface area contributed by atoms with Gasteiger partial charge in [0.2, 0.25) is 0 Å². The zero-order valence-electron chi connectivity index (χ0n) is 41.8. The lowest BCUT2D eigenvalue weighted by atomic mass is 10.0. The Balaban J connectivity index is 4.18. The molecule has 362 valence electrons. The second-order valence-corrected chi connectivity index (χ2v) is 19.8. The van der Waals surface area contributed by atoms with Crippen LogP contribution in [0.15, 0.2) is 0 Å². The van der Waals surface area contributed by atoms with E-state index in [0.29, 0.717) is 19.3 Å². The molecular formula is C55H106O6. The second-order valence-electron chi connectivity index (χ2n) is 19.8. The molecule has 0 aliphatic rings. The lowest BCUT2D eigenvalue weighted by molar-refractivity contribution is -0.167. The monoisotopic (exact) mass is 863 g/mol. The molecule has 0 aromatic heterocycles. The predicted molar refractivity (Wildman–Crippen MR) is 261 cm³/mol. The minimum absolute atomic E-state index is 0.0640. The molecule has 0 aromatic rings. The van der Waals surface area contributed by atoms with Gasteiger partial charge in [0.05, 0.1) is 0 Å². The summed E-state index contributed by atoms with van der Waals surface area (Å²) in [4.78, 5) is 37.9. The molecule has 0 saturated heterocycles. The topological polar surface area (TPSA) is 78.9 Å². The van der Waals surface area contributed by atoms with E-state index in [1.807, 2.05) is 0 Å². The third kappa shape index (κ3) is 49.3. The summed E-state index contributed by atoms with van der Waals surface area (Å²) in [6.45, 7) is 11.4. The van der Waals surface area contributed by atoms with Crippen LogP contribution in [0.25, 0.3) is 0 Å². The van der Waals surface area contributed by atoms with E-state index in [9.17, 15) is 14.4 Å². The zero-order valence-corrected chi connectivity index (χ0v) is 41.8. The molecular weight excluding hydrogens is 757 g/mol. The fourth-order valence-corrected chi connectivity index (χ4v) is 8.34. The van der Waals surface area contributed by atoms with Gasteiger partial charge in [-0.3, -0.25) is 14.4 Å². The molecule has 0 aromatic carbocycles. The van der Waals surface area contributed by atoms with E-state index in [2.05, 4.69) is 34.6 Å². The highest BCUT2D eigenvalue weighted by Crippen LogP contribution is 2.18. The number of ether oxygens (including phenoxy) is 3. The van der Waals surface area contributed by atoms with Gasteiger partial charge in [0.15, 0.2) is 6.10 Å². The minimum Gasteiger partial charge on any atom is -0.462 e. The highest BCUT2D eigenvalue weighted by Gasteiger charge is 2.19. The molecule has 0 fully saturated rings. The van der Waals surface area contributed by atoms with E-state index in [1.165, 1.54) is 193 Å².